The minimum absolute atomic E-state index is 0.0337. The van der Waals surface area contributed by atoms with Gasteiger partial charge in [-0.2, -0.15) is 22.0 Å². The van der Waals surface area contributed by atoms with Crippen molar-refractivity contribution in [2.45, 2.75) is 17.0 Å². The third kappa shape index (κ3) is 5.22. The second kappa shape index (κ2) is 8.95. The minimum atomic E-state index is -5.49. The molecule has 0 aromatic heterocycles. The number of rotatable bonds is 6. The highest BCUT2D eigenvalue weighted by molar-refractivity contribution is 7.92. The number of amides is 1. The highest BCUT2D eigenvalue weighted by Gasteiger charge is 2.46. The van der Waals surface area contributed by atoms with Crippen LogP contribution in [-0.4, -0.2) is 26.4 Å². The molecule has 0 atom stereocenters. The maximum absolute atomic E-state index is 12.6. The average molecular weight is 470 g/mol. The molecule has 3 aromatic carbocycles. The fraction of sp³-hybridized carbons (Fsp3) is 0.0952. The quantitative estimate of drug-likeness (QED) is 0.497. The van der Waals surface area contributed by atoms with E-state index in [0.717, 1.165) is 24.3 Å². The Morgan fingerprint density at radius 3 is 2.16 bits per heavy atom. The van der Waals surface area contributed by atoms with Crippen molar-refractivity contribution in [2.75, 3.05) is 5.32 Å². The van der Waals surface area contributed by atoms with E-state index in [-0.39, 0.29) is 17.0 Å². The predicted molar refractivity (Wildman–Crippen MR) is 105 cm³/mol. The van der Waals surface area contributed by atoms with Crippen LogP contribution in [-0.2, 0) is 9.84 Å². The van der Waals surface area contributed by atoms with Crippen LogP contribution in [0.5, 0.6) is 5.75 Å². The molecule has 32 heavy (non-hydrogen) atoms. The Balaban J connectivity index is 1.75. The standard InChI is InChI=1S/C21H13F5NO4S/c22-20(23)31-17-8-4-13(5-9-17)14-2-1-3-15(12-14)19(28)27-16-6-10-18(11-7-16)32(29,30)21(24,25)26/h1,3-12,20H,(H,27,28). The molecule has 0 saturated heterocycles. The summed E-state index contributed by atoms with van der Waals surface area (Å²) in [5.74, 6) is -0.641. The van der Waals surface area contributed by atoms with Crippen LogP contribution < -0.4 is 10.1 Å². The minimum Gasteiger partial charge on any atom is -0.435 e. The van der Waals surface area contributed by atoms with Crippen molar-refractivity contribution in [1.82, 2.24) is 0 Å². The Hall–Kier alpha value is -3.47. The van der Waals surface area contributed by atoms with E-state index in [1.807, 2.05) is 0 Å². The molecule has 0 aliphatic carbocycles. The zero-order valence-electron chi connectivity index (χ0n) is 15.9. The molecule has 1 radical (unpaired) electrons. The lowest BCUT2D eigenvalue weighted by Gasteiger charge is -2.10. The van der Waals surface area contributed by atoms with Gasteiger partial charge in [0.25, 0.3) is 15.7 Å². The number of carbonyl (C=O) groups is 1. The number of ether oxygens (including phenoxy) is 1. The second-order valence-electron chi connectivity index (χ2n) is 6.32. The van der Waals surface area contributed by atoms with Crippen LogP contribution in [0, 0.1) is 6.07 Å². The van der Waals surface area contributed by atoms with E-state index in [4.69, 9.17) is 0 Å². The Labute approximate surface area is 179 Å². The normalized spacial score (nSPS) is 11.9. The summed E-state index contributed by atoms with van der Waals surface area (Å²) < 4.78 is 89.4. The van der Waals surface area contributed by atoms with Gasteiger partial charge in [-0.3, -0.25) is 4.79 Å². The zero-order chi connectivity index (χ0) is 23.5. The van der Waals surface area contributed by atoms with Gasteiger partial charge in [0.05, 0.1) is 4.90 Å². The highest BCUT2D eigenvalue weighted by Crippen LogP contribution is 2.31. The van der Waals surface area contributed by atoms with Crippen molar-refractivity contribution < 1.29 is 39.9 Å². The number of halogens is 5. The summed E-state index contributed by atoms with van der Waals surface area (Å²) in [6, 6.07) is 16.5. The van der Waals surface area contributed by atoms with Crippen LogP contribution in [0.3, 0.4) is 0 Å². The second-order valence-corrected chi connectivity index (χ2v) is 8.26. The molecule has 3 aromatic rings. The molecule has 5 nitrogen and oxygen atoms in total. The molecule has 0 unspecified atom stereocenters. The summed E-state index contributed by atoms with van der Waals surface area (Å²) in [6.45, 7) is -2.96. The number of carbonyl (C=O) groups excluding carboxylic acids is 1. The SMILES string of the molecule is O=C(Nc1ccc(S(=O)(=O)C(F)(F)F)cc1)c1cc[c]c(-c2ccc(OC(F)F)cc2)c1. The van der Waals surface area contributed by atoms with E-state index < -0.39 is 32.8 Å². The van der Waals surface area contributed by atoms with Crippen LogP contribution in [0.1, 0.15) is 10.4 Å². The van der Waals surface area contributed by atoms with Gasteiger partial charge in [-0.05, 0) is 65.7 Å². The molecular formula is C21H13F5NO4S. The Morgan fingerprint density at radius 2 is 1.59 bits per heavy atom. The van der Waals surface area contributed by atoms with Gasteiger partial charge in [-0.15, -0.1) is 0 Å². The van der Waals surface area contributed by atoms with E-state index in [0.29, 0.717) is 11.1 Å². The van der Waals surface area contributed by atoms with Crippen molar-refractivity contribution >= 4 is 21.4 Å². The molecule has 1 N–H and O–H groups in total. The van der Waals surface area contributed by atoms with Gasteiger partial charge in [-0.1, -0.05) is 18.2 Å². The van der Waals surface area contributed by atoms with Crippen LogP contribution in [0.4, 0.5) is 27.6 Å². The van der Waals surface area contributed by atoms with Crippen molar-refractivity contribution in [3.63, 3.8) is 0 Å². The van der Waals surface area contributed by atoms with E-state index in [1.165, 1.54) is 42.5 Å². The molecule has 0 bridgehead atoms. The number of hydrogen-bond donors (Lipinski definition) is 1. The molecule has 0 heterocycles. The Morgan fingerprint density at radius 1 is 0.969 bits per heavy atom. The maximum Gasteiger partial charge on any atom is 0.501 e. The molecule has 0 fully saturated rings. The largest absolute Gasteiger partial charge is 0.501 e. The Kier molecular flexibility index (Phi) is 6.49. The van der Waals surface area contributed by atoms with Crippen molar-refractivity contribution in [3.05, 3.63) is 78.4 Å². The van der Waals surface area contributed by atoms with E-state index >= 15 is 0 Å². The molecule has 0 aliphatic rings. The van der Waals surface area contributed by atoms with Gasteiger partial charge < -0.3 is 10.1 Å². The predicted octanol–water partition coefficient (Wildman–Crippen LogP) is 5.30. The summed E-state index contributed by atoms with van der Waals surface area (Å²) in [6.07, 6.45) is 0. The van der Waals surface area contributed by atoms with Gasteiger partial charge in [0, 0.05) is 11.3 Å². The zero-order valence-corrected chi connectivity index (χ0v) is 16.7. The Bertz CT molecular complexity index is 1210. The number of anilines is 1. The first-order valence-electron chi connectivity index (χ1n) is 8.77. The van der Waals surface area contributed by atoms with Crippen LogP contribution >= 0.6 is 0 Å². The van der Waals surface area contributed by atoms with Crippen LogP contribution in [0.2, 0.25) is 0 Å². The van der Waals surface area contributed by atoms with Gasteiger partial charge in [0.1, 0.15) is 5.75 Å². The molecule has 3 rings (SSSR count). The van der Waals surface area contributed by atoms with Crippen molar-refractivity contribution in [1.29, 1.82) is 0 Å². The third-order valence-corrected chi connectivity index (χ3v) is 5.68. The summed E-state index contributed by atoms with van der Waals surface area (Å²) in [4.78, 5) is 11.5. The molecule has 167 valence electrons. The number of benzene rings is 3. The summed E-state index contributed by atoms with van der Waals surface area (Å²) in [5, 5.41) is 2.45. The molecule has 0 aliphatic heterocycles. The molecule has 0 spiro atoms. The smallest absolute Gasteiger partial charge is 0.435 e. The molecule has 1 amide bonds. The van der Waals surface area contributed by atoms with Gasteiger partial charge in [-0.25, -0.2) is 8.42 Å². The molecular weight excluding hydrogens is 457 g/mol. The van der Waals surface area contributed by atoms with E-state index in [9.17, 15) is 35.2 Å². The monoisotopic (exact) mass is 470 g/mol. The number of alkyl halides is 5. The van der Waals surface area contributed by atoms with E-state index in [1.54, 1.807) is 0 Å². The fourth-order valence-corrected chi connectivity index (χ4v) is 3.41. The lowest BCUT2D eigenvalue weighted by atomic mass is 10.0. The molecule has 11 heteroatoms. The number of hydrogen-bond acceptors (Lipinski definition) is 4. The first kappa shape index (κ1) is 23.2. The highest BCUT2D eigenvalue weighted by atomic mass is 32.2. The average Bonchev–Trinajstić information content (AvgIpc) is 2.73. The number of sulfone groups is 1. The van der Waals surface area contributed by atoms with Gasteiger partial charge in [0.2, 0.25) is 0 Å². The van der Waals surface area contributed by atoms with Crippen LogP contribution in [0.25, 0.3) is 11.1 Å². The van der Waals surface area contributed by atoms with Crippen molar-refractivity contribution in [2.24, 2.45) is 0 Å². The lowest BCUT2D eigenvalue weighted by molar-refractivity contribution is -0.0499. The topological polar surface area (TPSA) is 72.5 Å². The fourth-order valence-electron chi connectivity index (χ4n) is 2.64. The third-order valence-electron chi connectivity index (χ3n) is 4.18. The summed E-state index contributed by atoms with van der Waals surface area (Å²) >= 11 is 0. The van der Waals surface area contributed by atoms with E-state index in [2.05, 4.69) is 16.1 Å². The summed E-state index contributed by atoms with van der Waals surface area (Å²) in [7, 11) is -5.49. The van der Waals surface area contributed by atoms with Crippen molar-refractivity contribution in [3.8, 4) is 16.9 Å². The maximum atomic E-state index is 12.6. The first-order valence-corrected chi connectivity index (χ1v) is 10.3. The first-order chi connectivity index (χ1) is 15.0. The number of nitrogens with one attached hydrogen (secondary N) is 1. The molecule has 0 saturated carbocycles. The lowest BCUT2D eigenvalue weighted by Crippen LogP contribution is -2.23. The summed E-state index contributed by atoms with van der Waals surface area (Å²) in [5.41, 5.74) is -4.12. The van der Waals surface area contributed by atoms with Crippen LogP contribution in [0.15, 0.2) is 71.6 Å². The van der Waals surface area contributed by atoms with Gasteiger partial charge >= 0.3 is 12.1 Å². The van der Waals surface area contributed by atoms with Gasteiger partial charge in [0.15, 0.2) is 0 Å².